The van der Waals surface area contributed by atoms with Gasteiger partial charge in [-0.25, -0.2) is 22.0 Å². The third-order valence-corrected chi connectivity index (χ3v) is 2.92. The summed E-state index contributed by atoms with van der Waals surface area (Å²) in [7, 11) is 0. The number of rotatable bonds is 2. The largest absolute Gasteiger partial charge is 0.396 e. The lowest BCUT2D eigenvalue weighted by Crippen LogP contribution is -2.28. The molecule has 1 fully saturated rings. The summed E-state index contributed by atoms with van der Waals surface area (Å²) in [5.74, 6) is -12.0. The Morgan fingerprint density at radius 2 is 1.47 bits per heavy atom. The van der Waals surface area contributed by atoms with Gasteiger partial charge in [0, 0.05) is 25.5 Å². The first-order chi connectivity index (χ1) is 8.88. The van der Waals surface area contributed by atoms with Crippen LogP contribution in [0.3, 0.4) is 0 Å². The Balaban J connectivity index is 2.55. The number of aliphatic hydroxyl groups excluding tert-OH is 1. The molecule has 0 saturated carbocycles. The number of nitrogens with zero attached hydrogens (tertiary/aromatic N) is 1. The summed E-state index contributed by atoms with van der Waals surface area (Å²) in [6, 6.07) is 0. The van der Waals surface area contributed by atoms with E-state index in [0.717, 1.165) is 0 Å². The van der Waals surface area contributed by atoms with Gasteiger partial charge >= 0.3 is 0 Å². The minimum absolute atomic E-state index is 0.212. The van der Waals surface area contributed by atoms with Gasteiger partial charge in [-0.3, -0.25) is 4.79 Å². The molecule has 1 aliphatic heterocycles. The molecule has 1 saturated heterocycles. The first kappa shape index (κ1) is 13.7. The summed E-state index contributed by atoms with van der Waals surface area (Å²) in [5.41, 5.74) is -1.27. The quantitative estimate of drug-likeness (QED) is 0.509. The molecule has 1 N–H and O–H groups in total. The molecule has 0 bridgehead atoms. The maximum atomic E-state index is 13.5. The minimum Gasteiger partial charge on any atom is -0.396 e. The summed E-state index contributed by atoms with van der Waals surface area (Å²) in [6.07, 6.45) is -0.212. The van der Waals surface area contributed by atoms with E-state index in [0.29, 0.717) is 4.90 Å². The summed E-state index contributed by atoms with van der Waals surface area (Å²) < 4.78 is 65.8. The van der Waals surface area contributed by atoms with Crippen LogP contribution < -0.4 is 4.90 Å². The second-order valence-corrected chi connectivity index (χ2v) is 4.18. The van der Waals surface area contributed by atoms with Crippen molar-refractivity contribution in [1.82, 2.24) is 0 Å². The van der Waals surface area contributed by atoms with Crippen LogP contribution in [0.5, 0.6) is 0 Å². The van der Waals surface area contributed by atoms with Crippen LogP contribution in [0.15, 0.2) is 0 Å². The maximum absolute atomic E-state index is 13.5. The van der Waals surface area contributed by atoms with Crippen molar-refractivity contribution in [3.05, 3.63) is 29.1 Å². The Kier molecular flexibility index (Phi) is 3.44. The van der Waals surface area contributed by atoms with Crippen LogP contribution in [0.4, 0.5) is 27.6 Å². The lowest BCUT2D eigenvalue weighted by molar-refractivity contribution is -0.117. The molecule has 0 spiro atoms. The van der Waals surface area contributed by atoms with Gasteiger partial charge < -0.3 is 10.0 Å². The van der Waals surface area contributed by atoms with Crippen molar-refractivity contribution in [3.8, 4) is 0 Å². The molecule has 1 heterocycles. The Morgan fingerprint density at radius 1 is 1.00 bits per heavy atom. The third-order valence-electron chi connectivity index (χ3n) is 2.92. The molecule has 0 aromatic heterocycles. The van der Waals surface area contributed by atoms with Gasteiger partial charge in [-0.1, -0.05) is 0 Å². The van der Waals surface area contributed by atoms with Gasteiger partial charge in [0.2, 0.25) is 11.7 Å². The summed E-state index contributed by atoms with van der Waals surface area (Å²) in [5, 5.41) is 8.87. The normalized spacial score (nSPS) is 19.4. The van der Waals surface area contributed by atoms with Gasteiger partial charge in [-0.2, -0.15) is 0 Å². The van der Waals surface area contributed by atoms with E-state index in [4.69, 9.17) is 5.11 Å². The van der Waals surface area contributed by atoms with Crippen molar-refractivity contribution in [2.45, 2.75) is 6.42 Å². The molecule has 1 aromatic rings. The maximum Gasteiger partial charge on any atom is 0.227 e. The first-order valence-electron chi connectivity index (χ1n) is 5.31. The van der Waals surface area contributed by atoms with Gasteiger partial charge in [-0.05, 0) is 0 Å². The standard InChI is InChI=1S/C11H8F5NO2/c12-6-7(13)9(15)11(10(16)8(6)14)17-2-4(3-18)1-5(17)19/h4,18H,1-3H2. The topological polar surface area (TPSA) is 40.5 Å². The molecule has 1 amide bonds. The Morgan fingerprint density at radius 3 is 1.89 bits per heavy atom. The zero-order chi connectivity index (χ0) is 14.3. The van der Waals surface area contributed by atoms with E-state index in [1.54, 1.807) is 0 Å². The fraction of sp³-hybridized carbons (Fsp3) is 0.364. The predicted molar refractivity (Wildman–Crippen MR) is 53.8 cm³/mol. The highest BCUT2D eigenvalue weighted by molar-refractivity contribution is 5.96. The molecule has 2 rings (SSSR count). The highest BCUT2D eigenvalue weighted by atomic mass is 19.2. The van der Waals surface area contributed by atoms with Crippen LogP contribution >= 0.6 is 0 Å². The highest BCUT2D eigenvalue weighted by Crippen LogP contribution is 2.33. The predicted octanol–water partition coefficient (Wildman–Crippen LogP) is 1.73. The average molecular weight is 281 g/mol. The van der Waals surface area contributed by atoms with Crippen molar-refractivity contribution in [1.29, 1.82) is 0 Å². The van der Waals surface area contributed by atoms with Crippen molar-refractivity contribution in [3.63, 3.8) is 0 Å². The van der Waals surface area contributed by atoms with Crippen molar-refractivity contribution in [2.24, 2.45) is 5.92 Å². The van der Waals surface area contributed by atoms with Crippen LogP contribution in [0.25, 0.3) is 0 Å². The van der Waals surface area contributed by atoms with E-state index in [9.17, 15) is 26.7 Å². The SMILES string of the molecule is O=C1CC(CO)CN1c1c(F)c(F)c(F)c(F)c1F. The van der Waals surface area contributed by atoms with Crippen molar-refractivity contribution < 1.29 is 31.9 Å². The number of carbonyl (C=O) groups is 1. The Hall–Kier alpha value is -1.70. The molecule has 3 nitrogen and oxygen atoms in total. The van der Waals surface area contributed by atoms with Gasteiger partial charge in [0.15, 0.2) is 23.3 Å². The van der Waals surface area contributed by atoms with Gasteiger partial charge in [0.05, 0.1) is 0 Å². The van der Waals surface area contributed by atoms with E-state index in [1.165, 1.54) is 0 Å². The number of carbonyl (C=O) groups excluding carboxylic acids is 1. The van der Waals surface area contributed by atoms with Crippen LogP contribution in [0, 0.1) is 35.0 Å². The van der Waals surface area contributed by atoms with E-state index >= 15 is 0 Å². The smallest absolute Gasteiger partial charge is 0.227 e. The van der Waals surface area contributed by atoms with Gasteiger partial charge in [0.25, 0.3) is 0 Å². The molecule has 1 aliphatic rings. The number of benzene rings is 1. The molecule has 1 atom stereocenters. The Labute approximate surface area is 104 Å². The van der Waals surface area contributed by atoms with Crippen LogP contribution in [0.1, 0.15) is 6.42 Å². The minimum atomic E-state index is -2.27. The molecule has 0 radical (unpaired) electrons. The van der Waals surface area contributed by atoms with E-state index in [-0.39, 0.29) is 13.0 Å². The molecule has 104 valence electrons. The number of hydrogen-bond donors (Lipinski definition) is 1. The fourth-order valence-electron chi connectivity index (χ4n) is 1.95. The number of aliphatic hydroxyl groups is 1. The second kappa shape index (κ2) is 4.76. The monoisotopic (exact) mass is 281 g/mol. The number of halogens is 5. The first-order valence-corrected chi connectivity index (χ1v) is 5.31. The molecular formula is C11H8F5NO2. The molecular weight excluding hydrogens is 273 g/mol. The van der Waals surface area contributed by atoms with Crippen LogP contribution in [0.2, 0.25) is 0 Å². The summed E-state index contributed by atoms with van der Waals surface area (Å²) in [6.45, 7) is -0.717. The third kappa shape index (κ3) is 2.05. The Bertz CT molecular complexity index is 519. The van der Waals surface area contributed by atoms with Gasteiger partial charge in [-0.15, -0.1) is 0 Å². The van der Waals surface area contributed by atoms with Crippen LogP contribution in [-0.2, 0) is 4.79 Å². The number of anilines is 1. The van der Waals surface area contributed by atoms with E-state index < -0.39 is 53.2 Å². The van der Waals surface area contributed by atoms with Crippen LogP contribution in [-0.4, -0.2) is 24.2 Å². The second-order valence-electron chi connectivity index (χ2n) is 4.18. The summed E-state index contributed by atoms with van der Waals surface area (Å²) >= 11 is 0. The summed E-state index contributed by atoms with van der Waals surface area (Å²) in [4.78, 5) is 12.0. The van der Waals surface area contributed by atoms with E-state index in [2.05, 4.69) is 0 Å². The van der Waals surface area contributed by atoms with Gasteiger partial charge in [0.1, 0.15) is 5.69 Å². The number of amides is 1. The molecule has 1 unspecified atom stereocenters. The highest BCUT2D eigenvalue weighted by Gasteiger charge is 2.37. The molecule has 1 aromatic carbocycles. The molecule has 19 heavy (non-hydrogen) atoms. The zero-order valence-corrected chi connectivity index (χ0v) is 9.39. The fourth-order valence-corrected chi connectivity index (χ4v) is 1.95. The zero-order valence-electron chi connectivity index (χ0n) is 9.39. The van der Waals surface area contributed by atoms with Crippen molar-refractivity contribution >= 4 is 11.6 Å². The number of hydrogen-bond acceptors (Lipinski definition) is 2. The van der Waals surface area contributed by atoms with E-state index in [1.807, 2.05) is 0 Å². The average Bonchev–Trinajstić information content (AvgIpc) is 2.76. The molecule has 8 heteroatoms. The lowest BCUT2D eigenvalue weighted by atomic mass is 10.1. The van der Waals surface area contributed by atoms with Crippen molar-refractivity contribution in [2.75, 3.05) is 18.1 Å². The lowest BCUT2D eigenvalue weighted by Gasteiger charge is -2.18. The molecule has 0 aliphatic carbocycles.